The largest absolute Gasteiger partial charge is 0.481 e. The van der Waals surface area contributed by atoms with Crippen LogP contribution in [0.2, 0.25) is 0 Å². The molecule has 1 fully saturated rings. The van der Waals surface area contributed by atoms with Crippen LogP contribution in [0, 0.1) is 15.5 Å². The van der Waals surface area contributed by atoms with Crippen LogP contribution in [0.3, 0.4) is 0 Å². The van der Waals surface area contributed by atoms with Crippen molar-refractivity contribution >= 4 is 17.8 Å². The number of rotatable bonds is 4. The van der Waals surface area contributed by atoms with Crippen molar-refractivity contribution in [2.24, 2.45) is 5.41 Å². The highest BCUT2D eigenvalue weighted by atomic mass is 16.6. The first kappa shape index (κ1) is 14.0. The molecule has 108 valence electrons. The number of hydrogen-bond acceptors (Lipinski definition) is 5. The second-order valence-corrected chi connectivity index (χ2v) is 5.04. The Morgan fingerprint density at radius 2 is 2.25 bits per heavy atom. The second-order valence-electron chi connectivity index (χ2n) is 5.04. The molecule has 1 saturated carbocycles. The molecule has 0 saturated heterocycles. The van der Waals surface area contributed by atoms with E-state index in [4.69, 9.17) is 4.42 Å². The average molecular weight is 282 g/mol. The van der Waals surface area contributed by atoms with E-state index in [1.807, 2.05) is 0 Å². The van der Waals surface area contributed by atoms with Crippen molar-refractivity contribution in [1.29, 1.82) is 0 Å². The third kappa shape index (κ3) is 2.36. The number of carbonyl (C=O) groups excluding carboxylic acids is 1. The number of carbonyl (C=O) groups is 2. The number of nitrogens with one attached hydrogen (secondary N) is 1. The molecule has 20 heavy (non-hydrogen) atoms. The van der Waals surface area contributed by atoms with Crippen molar-refractivity contribution in [3.8, 4) is 0 Å². The molecule has 2 unspecified atom stereocenters. The molecule has 0 radical (unpaired) electrons. The molecule has 2 rings (SSSR count). The van der Waals surface area contributed by atoms with Crippen LogP contribution in [0.4, 0.5) is 5.88 Å². The van der Waals surface area contributed by atoms with Crippen molar-refractivity contribution in [2.75, 3.05) is 0 Å². The summed E-state index contributed by atoms with van der Waals surface area (Å²) in [5, 5.41) is 22.3. The Bertz CT molecular complexity index is 566. The third-order valence-electron chi connectivity index (χ3n) is 3.75. The quantitative estimate of drug-likeness (QED) is 0.638. The maximum atomic E-state index is 11.9. The van der Waals surface area contributed by atoms with Gasteiger partial charge in [-0.3, -0.25) is 19.7 Å². The summed E-state index contributed by atoms with van der Waals surface area (Å²) in [7, 11) is 0. The van der Waals surface area contributed by atoms with Gasteiger partial charge in [0.1, 0.15) is 4.92 Å². The Kier molecular flexibility index (Phi) is 3.47. The smallest absolute Gasteiger partial charge is 0.433 e. The summed E-state index contributed by atoms with van der Waals surface area (Å²) in [6, 6.07) is 1.76. The Balaban J connectivity index is 2.11. The highest BCUT2D eigenvalue weighted by Crippen LogP contribution is 2.38. The van der Waals surface area contributed by atoms with Crippen LogP contribution in [-0.4, -0.2) is 27.9 Å². The van der Waals surface area contributed by atoms with E-state index < -0.39 is 34.1 Å². The molecule has 1 aromatic rings. The number of aliphatic carboxylic acids is 1. The van der Waals surface area contributed by atoms with E-state index in [2.05, 4.69) is 5.32 Å². The van der Waals surface area contributed by atoms with Crippen LogP contribution in [-0.2, 0) is 4.79 Å². The molecule has 0 bridgehead atoms. The zero-order chi connectivity index (χ0) is 14.9. The first-order valence-corrected chi connectivity index (χ1v) is 6.13. The molecule has 1 aliphatic rings. The lowest BCUT2D eigenvalue weighted by atomic mass is 9.85. The number of nitro groups is 1. The van der Waals surface area contributed by atoms with Gasteiger partial charge >= 0.3 is 11.9 Å². The van der Waals surface area contributed by atoms with Crippen molar-refractivity contribution < 1.29 is 24.0 Å². The molecule has 1 aliphatic carbocycles. The molecule has 1 amide bonds. The van der Waals surface area contributed by atoms with E-state index >= 15 is 0 Å². The van der Waals surface area contributed by atoms with Gasteiger partial charge in [-0.1, -0.05) is 6.42 Å². The topological polar surface area (TPSA) is 123 Å². The van der Waals surface area contributed by atoms with Crippen LogP contribution in [0.5, 0.6) is 0 Å². The Morgan fingerprint density at radius 1 is 1.55 bits per heavy atom. The molecular formula is C12H14N2O6. The van der Waals surface area contributed by atoms with E-state index in [-0.39, 0.29) is 5.76 Å². The van der Waals surface area contributed by atoms with Crippen LogP contribution in [0.1, 0.15) is 36.7 Å². The Hall–Kier alpha value is -2.38. The molecule has 0 aliphatic heterocycles. The van der Waals surface area contributed by atoms with Gasteiger partial charge in [0.25, 0.3) is 5.91 Å². The molecule has 2 N–H and O–H groups in total. The summed E-state index contributed by atoms with van der Waals surface area (Å²) in [6.45, 7) is 1.58. The fourth-order valence-corrected chi connectivity index (χ4v) is 2.43. The van der Waals surface area contributed by atoms with Gasteiger partial charge in [-0.05, 0) is 25.8 Å². The van der Waals surface area contributed by atoms with Crippen molar-refractivity contribution in [1.82, 2.24) is 5.32 Å². The van der Waals surface area contributed by atoms with E-state index in [0.717, 1.165) is 6.07 Å². The van der Waals surface area contributed by atoms with Crippen LogP contribution in [0.15, 0.2) is 16.5 Å². The monoisotopic (exact) mass is 282 g/mol. The first-order valence-electron chi connectivity index (χ1n) is 6.13. The number of nitrogens with zero attached hydrogens (tertiary/aromatic N) is 1. The second kappa shape index (κ2) is 4.95. The summed E-state index contributed by atoms with van der Waals surface area (Å²) in [5.41, 5.74) is -1.02. The third-order valence-corrected chi connectivity index (χ3v) is 3.75. The average Bonchev–Trinajstić information content (AvgIpc) is 2.98. The van der Waals surface area contributed by atoms with E-state index in [9.17, 15) is 24.8 Å². The molecule has 1 aromatic heterocycles. The van der Waals surface area contributed by atoms with Gasteiger partial charge in [-0.2, -0.15) is 0 Å². The normalized spacial score (nSPS) is 25.4. The van der Waals surface area contributed by atoms with E-state index in [1.165, 1.54) is 6.07 Å². The Labute approximate surface area is 113 Å². The summed E-state index contributed by atoms with van der Waals surface area (Å²) >= 11 is 0. The van der Waals surface area contributed by atoms with Crippen LogP contribution >= 0.6 is 0 Å². The van der Waals surface area contributed by atoms with Gasteiger partial charge in [-0.25, -0.2) is 0 Å². The molecule has 8 heteroatoms. The van der Waals surface area contributed by atoms with E-state index in [1.54, 1.807) is 6.92 Å². The van der Waals surface area contributed by atoms with Crippen LogP contribution < -0.4 is 5.32 Å². The predicted molar refractivity (Wildman–Crippen MR) is 66.2 cm³/mol. The highest BCUT2D eigenvalue weighted by molar-refractivity contribution is 5.92. The molecule has 0 aromatic carbocycles. The van der Waals surface area contributed by atoms with Gasteiger partial charge in [-0.15, -0.1) is 0 Å². The van der Waals surface area contributed by atoms with Gasteiger partial charge in [0.05, 0.1) is 11.5 Å². The number of carboxylic acids is 1. The lowest BCUT2D eigenvalue weighted by Gasteiger charge is -2.27. The number of carboxylic acid groups (broad SMARTS) is 1. The molecule has 1 heterocycles. The summed E-state index contributed by atoms with van der Waals surface area (Å²) < 4.78 is 4.79. The Morgan fingerprint density at radius 3 is 2.80 bits per heavy atom. The van der Waals surface area contributed by atoms with E-state index in [0.29, 0.717) is 19.3 Å². The van der Waals surface area contributed by atoms with Gasteiger partial charge in [0.2, 0.25) is 0 Å². The summed E-state index contributed by atoms with van der Waals surface area (Å²) in [4.78, 5) is 32.9. The van der Waals surface area contributed by atoms with Crippen molar-refractivity contribution in [2.45, 2.75) is 32.2 Å². The number of furan rings is 1. The fraction of sp³-hybridized carbons (Fsp3) is 0.500. The minimum Gasteiger partial charge on any atom is -0.481 e. The maximum Gasteiger partial charge on any atom is 0.433 e. The molecule has 2 atom stereocenters. The standard InChI is InChI=1S/C12H14N2O6/c1-12(11(16)17)6-2-3-8(12)13-10(15)7-4-5-9(20-7)14(18)19/h4-5,8H,2-3,6H2,1H3,(H,13,15)(H,16,17). The molecular weight excluding hydrogens is 268 g/mol. The molecule has 8 nitrogen and oxygen atoms in total. The van der Waals surface area contributed by atoms with Gasteiger partial charge in [0.15, 0.2) is 5.76 Å². The molecule has 0 spiro atoms. The number of amides is 1. The van der Waals surface area contributed by atoms with Crippen molar-refractivity contribution in [3.05, 3.63) is 28.0 Å². The predicted octanol–water partition coefficient (Wildman–Crippen LogP) is 1.56. The minimum absolute atomic E-state index is 0.198. The summed E-state index contributed by atoms with van der Waals surface area (Å²) in [5.74, 6) is -2.33. The van der Waals surface area contributed by atoms with Gasteiger partial charge in [0, 0.05) is 6.04 Å². The lowest BCUT2D eigenvalue weighted by molar-refractivity contribution is -0.402. The first-order chi connectivity index (χ1) is 9.34. The van der Waals surface area contributed by atoms with Crippen molar-refractivity contribution in [3.63, 3.8) is 0 Å². The fourth-order valence-electron chi connectivity index (χ4n) is 2.43. The highest BCUT2D eigenvalue weighted by Gasteiger charge is 2.46. The zero-order valence-electron chi connectivity index (χ0n) is 10.8. The zero-order valence-corrected chi connectivity index (χ0v) is 10.8. The maximum absolute atomic E-state index is 11.9. The lowest BCUT2D eigenvalue weighted by Crippen LogP contribution is -2.46. The minimum atomic E-state index is -1.02. The summed E-state index contributed by atoms with van der Waals surface area (Å²) in [6.07, 6.45) is 1.73. The number of hydrogen-bond donors (Lipinski definition) is 2. The van der Waals surface area contributed by atoms with Crippen LogP contribution in [0.25, 0.3) is 0 Å². The SMILES string of the molecule is CC1(C(=O)O)CCCC1NC(=O)c1ccc([N+](=O)[O-])o1. The van der Waals surface area contributed by atoms with Gasteiger partial charge < -0.3 is 14.8 Å².